The van der Waals surface area contributed by atoms with Gasteiger partial charge >= 0.3 is 0 Å². The SMILES string of the molecule is Cc1cccc(NC(=O)CC2Cn3ncnc3NC2=O)c1. The number of aryl methyl sites for hydroxylation is 1. The van der Waals surface area contributed by atoms with Gasteiger partial charge in [0.1, 0.15) is 6.33 Å². The maximum Gasteiger partial charge on any atom is 0.232 e. The average molecular weight is 285 g/mol. The number of hydrogen-bond acceptors (Lipinski definition) is 4. The zero-order valence-corrected chi connectivity index (χ0v) is 11.5. The minimum absolute atomic E-state index is 0.110. The summed E-state index contributed by atoms with van der Waals surface area (Å²) >= 11 is 0. The predicted octanol–water partition coefficient (Wildman–Crippen LogP) is 1.18. The van der Waals surface area contributed by atoms with Crippen LogP contribution in [0.1, 0.15) is 12.0 Å². The van der Waals surface area contributed by atoms with E-state index in [2.05, 4.69) is 20.7 Å². The summed E-state index contributed by atoms with van der Waals surface area (Å²) in [4.78, 5) is 27.9. The molecular formula is C14H15N5O2. The summed E-state index contributed by atoms with van der Waals surface area (Å²) in [6.45, 7) is 2.32. The molecule has 2 N–H and O–H groups in total. The standard InChI is InChI=1S/C14H15N5O2/c1-9-3-2-4-11(5-9)17-12(20)6-10-7-19-14(15-8-16-19)18-13(10)21/h2-5,8,10H,6-7H2,1H3,(H,17,20)(H,15,16,18,21). The summed E-state index contributed by atoms with van der Waals surface area (Å²) in [7, 11) is 0. The number of amides is 2. The summed E-state index contributed by atoms with van der Waals surface area (Å²) in [5.41, 5.74) is 1.80. The predicted molar refractivity (Wildman–Crippen MR) is 76.6 cm³/mol. The summed E-state index contributed by atoms with van der Waals surface area (Å²) in [6.07, 6.45) is 1.49. The van der Waals surface area contributed by atoms with Crippen molar-refractivity contribution in [1.29, 1.82) is 0 Å². The molecule has 108 valence electrons. The van der Waals surface area contributed by atoms with E-state index in [1.165, 1.54) is 6.33 Å². The molecule has 0 bridgehead atoms. The summed E-state index contributed by atoms with van der Waals surface area (Å²) < 4.78 is 1.59. The van der Waals surface area contributed by atoms with Crippen LogP contribution in [-0.2, 0) is 16.1 Å². The third kappa shape index (κ3) is 2.91. The molecule has 2 heterocycles. The van der Waals surface area contributed by atoms with Gasteiger partial charge in [-0.15, -0.1) is 0 Å². The highest BCUT2D eigenvalue weighted by molar-refractivity contribution is 5.98. The number of fused-ring (bicyclic) bond motifs is 1. The van der Waals surface area contributed by atoms with E-state index in [4.69, 9.17) is 0 Å². The van der Waals surface area contributed by atoms with Gasteiger partial charge in [0, 0.05) is 12.1 Å². The molecule has 1 aromatic heterocycles. The van der Waals surface area contributed by atoms with Gasteiger partial charge in [-0.25, -0.2) is 4.68 Å². The van der Waals surface area contributed by atoms with Crippen LogP contribution in [0.5, 0.6) is 0 Å². The van der Waals surface area contributed by atoms with Crippen molar-refractivity contribution in [3.63, 3.8) is 0 Å². The highest BCUT2D eigenvalue weighted by atomic mass is 16.2. The number of nitrogens with one attached hydrogen (secondary N) is 2. The molecule has 0 spiro atoms. The van der Waals surface area contributed by atoms with Gasteiger partial charge < -0.3 is 5.32 Å². The van der Waals surface area contributed by atoms with Crippen LogP contribution in [0.15, 0.2) is 30.6 Å². The Bertz CT molecular complexity index is 694. The molecule has 7 nitrogen and oxygen atoms in total. The average Bonchev–Trinajstić information content (AvgIpc) is 2.86. The Morgan fingerprint density at radius 3 is 3.19 bits per heavy atom. The Morgan fingerprint density at radius 2 is 2.38 bits per heavy atom. The smallest absolute Gasteiger partial charge is 0.232 e. The number of rotatable bonds is 3. The Balaban J connectivity index is 1.64. The number of carbonyl (C=O) groups excluding carboxylic acids is 2. The maximum atomic E-state index is 12.1. The zero-order chi connectivity index (χ0) is 14.8. The Morgan fingerprint density at radius 1 is 1.52 bits per heavy atom. The molecule has 21 heavy (non-hydrogen) atoms. The molecule has 0 saturated heterocycles. The lowest BCUT2D eigenvalue weighted by molar-refractivity contribution is -0.125. The fraction of sp³-hybridized carbons (Fsp3) is 0.286. The molecule has 0 saturated carbocycles. The molecule has 1 aliphatic rings. The lowest BCUT2D eigenvalue weighted by Crippen LogP contribution is -2.36. The van der Waals surface area contributed by atoms with Crippen molar-refractivity contribution in [2.45, 2.75) is 19.9 Å². The lowest BCUT2D eigenvalue weighted by Gasteiger charge is -2.21. The molecule has 0 radical (unpaired) electrons. The summed E-state index contributed by atoms with van der Waals surface area (Å²) in [6, 6.07) is 7.53. The first-order valence-corrected chi connectivity index (χ1v) is 6.67. The first-order chi connectivity index (χ1) is 10.1. The number of nitrogens with zero attached hydrogens (tertiary/aromatic N) is 3. The van der Waals surface area contributed by atoms with E-state index < -0.39 is 5.92 Å². The van der Waals surface area contributed by atoms with Gasteiger partial charge in [0.2, 0.25) is 17.8 Å². The molecule has 2 amide bonds. The maximum absolute atomic E-state index is 12.1. The van der Waals surface area contributed by atoms with Crippen molar-refractivity contribution in [3.05, 3.63) is 36.2 Å². The Labute approximate surface area is 121 Å². The van der Waals surface area contributed by atoms with E-state index in [0.717, 1.165) is 11.3 Å². The van der Waals surface area contributed by atoms with Crippen molar-refractivity contribution < 1.29 is 9.59 Å². The monoisotopic (exact) mass is 285 g/mol. The second-order valence-corrected chi connectivity index (χ2v) is 5.07. The van der Waals surface area contributed by atoms with Crippen LogP contribution in [0.3, 0.4) is 0 Å². The van der Waals surface area contributed by atoms with Gasteiger partial charge in [-0.05, 0) is 24.6 Å². The van der Waals surface area contributed by atoms with E-state index in [1.54, 1.807) is 4.68 Å². The molecule has 1 aromatic carbocycles. The first kappa shape index (κ1) is 13.3. The van der Waals surface area contributed by atoms with Crippen LogP contribution in [0, 0.1) is 12.8 Å². The Kier molecular flexibility index (Phi) is 3.39. The second kappa shape index (κ2) is 5.35. The van der Waals surface area contributed by atoms with Crippen LogP contribution in [0.25, 0.3) is 0 Å². The third-order valence-electron chi connectivity index (χ3n) is 3.35. The Hall–Kier alpha value is -2.70. The molecular weight excluding hydrogens is 270 g/mol. The van der Waals surface area contributed by atoms with Crippen molar-refractivity contribution in [2.24, 2.45) is 5.92 Å². The van der Waals surface area contributed by atoms with Gasteiger partial charge in [0.25, 0.3) is 0 Å². The first-order valence-electron chi connectivity index (χ1n) is 6.67. The normalized spacial score (nSPS) is 17.0. The fourth-order valence-corrected chi connectivity index (χ4v) is 2.31. The topological polar surface area (TPSA) is 88.9 Å². The fourth-order valence-electron chi connectivity index (χ4n) is 2.31. The molecule has 0 aliphatic carbocycles. The number of hydrogen-bond donors (Lipinski definition) is 2. The summed E-state index contributed by atoms with van der Waals surface area (Å²) in [5.74, 6) is -0.404. The van der Waals surface area contributed by atoms with Gasteiger partial charge in [-0.3, -0.25) is 14.9 Å². The number of carbonyl (C=O) groups is 2. The van der Waals surface area contributed by atoms with Crippen LogP contribution >= 0.6 is 0 Å². The van der Waals surface area contributed by atoms with E-state index >= 15 is 0 Å². The van der Waals surface area contributed by atoms with Gasteiger partial charge in [-0.1, -0.05) is 12.1 Å². The molecule has 0 fully saturated rings. The van der Waals surface area contributed by atoms with Crippen molar-refractivity contribution in [1.82, 2.24) is 14.8 Å². The number of anilines is 2. The number of benzene rings is 1. The minimum atomic E-state index is -0.441. The molecule has 1 atom stereocenters. The molecule has 7 heteroatoms. The number of aromatic nitrogens is 3. The molecule has 1 unspecified atom stereocenters. The quantitative estimate of drug-likeness (QED) is 0.886. The third-order valence-corrected chi connectivity index (χ3v) is 3.35. The summed E-state index contributed by atoms with van der Waals surface area (Å²) in [5, 5.41) is 9.45. The van der Waals surface area contributed by atoms with E-state index in [-0.39, 0.29) is 18.2 Å². The largest absolute Gasteiger partial charge is 0.326 e. The van der Waals surface area contributed by atoms with Crippen molar-refractivity contribution in [2.75, 3.05) is 10.6 Å². The van der Waals surface area contributed by atoms with E-state index in [0.29, 0.717) is 12.5 Å². The van der Waals surface area contributed by atoms with Gasteiger partial charge in [0.15, 0.2) is 0 Å². The van der Waals surface area contributed by atoms with Crippen LogP contribution in [-0.4, -0.2) is 26.6 Å². The van der Waals surface area contributed by atoms with Gasteiger partial charge in [0.05, 0.1) is 12.5 Å². The highest BCUT2D eigenvalue weighted by Crippen LogP contribution is 2.19. The van der Waals surface area contributed by atoms with Crippen molar-refractivity contribution in [3.8, 4) is 0 Å². The van der Waals surface area contributed by atoms with Crippen LogP contribution in [0.4, 0.5) is 11.6 Å². The molecule has 3 rings (SSSR count). The lowest BCUT2D eigenvalue weighted by atomic mass is 10.0. The molecule has 2 aromatic rings. The van der Waals surface area contributed by atoms with E-state index in [1.807, 2.05) is 31.2 Å². The second-order valence-electron chi connectivity index (χ2n) is 5.07. The molecule has 1 aliphatic heterocycles. The van der Waals surface area contributed by atoms with Crippen LogP contribution in [0.2, 0.25) is 0 Å². The highest BCUT2D eigenvalue weighted by Gasteiger charge is 2.29. The van der Waals surface area contributed by atoms with Crippen molar-refractivity contribution >= 4 is 23.5 Å². The zero-order valence-electron chi connectivity index (χ0n) is 11.5. The van der Waals surface area contributed by atoms with Gasteiger partial charge in [-0.2, -0.15) is 10.1 Å². The van der Waals surface area contributed by atoms with Crippen LogP contribution < -0.4 is 10.6 Å². The minimum Gasteiger partial charge on any atom is -0.326 e. The van der Waals surface area contributed by atoms with E-state index in [9.17, 15) is 9.59 Å².